The summed E-state index contributed by atoms with van der Waals surface area (Å²) < 4.78 is 80.0. The molecule has 0 bridgehead atoms. The van der Waals surface area contributed by atoms with Gasteiger partial charge in [0.15, 0.2) is 21.3 Å². The van der Waals surface area contributed by atoms with Crippen molar-refractivity contribution in [2.45, 2.75) is 86.4 Å². The largest absolute Gasteiger partial charge is 0.453 e. The van der Waals surface area contributed by atoms with E-state index in [-0.39, 0.29) is 39.9 Å². The summed E-state index contributed by atoms with van der Waals surface area (Å²) >= 11 is 1.70. The lowest BCUT2D eigenvalue weighted by Gasteiger charge is -2.29. The minimum absolute atomic E-state index is 0.0816. The molecule has 234 valence electrons. The predicted octanol–water partition coefficient (Wildman–Crippen LogP) is 5.35. The first-order valence-corrected chi connectivity index (χ1v) is 18.5. The van der Waals surface area contributed by atoms with Gasteiger partial charge in [0.2, 0.25) is 0 Å². The van der Waals surface area contributed by atoms with Crippen molar-refractivity contribution >= 4 is 43.3 Å². The second kappa shape index (κ2) is 9.80. The van der Waals surface area contributed by atoms with Crippen LogP contribution in [0.2, 0.25) is 0 Å². The molecule has 12 heteroatoms. The van der Waals surface area contributed by atoms with Gasteiger partial charge in [0.05, 0.1) is 17.1 Å². The summed E-state index contributed by atoms with van der Waals surface area (Å²) in [5.41, 5.74) is 3.08. The number of thioether (sulfide) groups is 1. The van der Waals surface area contributed by atoms with Gasteiger partial charge in [-0.25, -0.2) is 0 Å². The lowest BCUT2D eigenvalue weighted by Crippen LogP contribution is -2.33. The van der Waals surface area contributed by atoms with Gasteiger partial charge in [-0.1, -0.05) is 52.0 Å². The monoisotopic (exact) mass is 656 g/mol. The summed E-state index contributed by atoms with van der Waals surface area (Å²) in [5, 5.41) is 3.89. The molecule has 9 nitrogen and oxygen atoms in total. The first kappa shape index (κ1) is 31.1. The molecule has 44 heavy (non-hydrogen) atoms. The van der Waals surface area contributed by atoms with E-state index in [1.54, 1.807) is 11.8 Å². The van der Waals surface area contributed by atoms with Crippen molar-refractivity contribution in [2.24, 2.45) is 4.99 Å². The molecule has 0 fully saturated rings. The third kappa shape index (κ3) is 4.44. The number of benzene rings is 3. The third-order valence-electron chi connectivity index (χ3n) is 9.93. The topological polar surface area (TPSA) is 142 Å². The normalized spacial score (nSPS) is 21.7. The number of rotatable bonds is 5. The van der Waals surface area contributed by atoms with Gasteiger partial charge in [-0.05, 0) is 61.4 Å². The highest BCUT2D eigenvalue weighted by Gasteiger charge is 2.45. The van der Waals surface area contributed by atoms with Crippen molar-refractivity contribution in [2.75, 3.05) is 11.6 Å². The summed E-state index contributed by atoms with van der Waals surface area (Å²) in [6, 6.07) is 11.0. The second-order valence-electron chi connectivity index (χ2n) is 13.0. The maximum Gasteiger partial charge on any atom is 0.300 e. The quantitative estimate of drug-likeness (QED) is 0.243. The van der Waals surface area contributed by atoms with Crippen molar-refractivity contribution in [3.8, 4) is 11.5 Å². The number of nitrogens with zero attached hydrogens (tertiary/aromatic N) is 1. The van der Waals surface area contributed by atoms with Crippen molar-refractivity contribution in [3.63, 3.8) is 0 Å². The molecule has 0 spiro atoms. The lowest BCUT2D eigenvalue weighted by atomic mass is 9.78. The number of fused-ring (bicyclic) bond motifs is 4. The molecule has 0 amide bonds. The second-order valence-corrected chi connectivity index (χ2v) is 16.9. The van der Waals surface area contributed by atoms with Crippen LogP contribution in [0.3, 0.4) is 0 Å². The first-order chi connectivity index (χ1) is 20.3. The zero-order chi connectivity index (χ0) is 32.3. The van der Waals surface area contributed by atoms with Crippen LogP contribution >= 0.6 is 11.8 Å². The van der Waals surface area contributed by atoms with Gasteiger partial charge in [-0.2, -0.15) is 28.6 Å². The molecular weight excluding hydrogens is 621 g/mol. The highest BCUT2D eigenvalue weighted by Crippen LogP contribution is 2.52. The van der Waals surface area contributed by atoms with E-state index < -0.39 is 40.9 Å². The summed E-state index contributed by atoms with van der Waals surface area (Å²) in [6.07, 6.45) is 2.03. The maximum absolute atomic E-state index is 13.1. The van der Waals surface area contributed by atoms with E-state index in [9.17, 15) is 25.9 Å². The fourth-order valence-corrected chi connectivity index (χ4v) is 8.46. The maximum atomic E-state index is 13.1. The molecule has 6 rings (SSSR count). The first-order valence-electron chi connectivity index (χ1n) is 14.3. The van der Waals surface area contributed by atoms with Gasteiger partial charge in [0.1, 0.15) is 0 Å². The van der Waals surface area contributed by atoms with E-state index in [0.29, 0.717) is 33.0 Å². The van der Waals surface area contributed by atoms with E-state index in [2.05, 4.69) is 17.2 Å². The Morgan fingerprint density at radius 2 is 1.52 bits per heavy atom. The smallest absolute Gasteiger partial charge is 0.300 e. The molecule has 3 unspecified atom stereocenters. The van der Waals surface area contributed by atoms with Gasteiger partial charge >= 0.3 is 0 Å². The Kier molecular flexibility index (Phi) is 6.93. The highest BCUT2D eigenvalue weighted by atomic mass is 32.2. The molecule has 3 aliphatic heterocycles. The Balaban J connectivity index is 1.85. The van der Waals surface area contributed by atoms with Crippen LogP contribution in [0.15, 0.2) is 51.2 Å². The summed E-state index contributed by atoms with van der Waals surface area (Å²) in [5.74, 6) is -0.457. The molecule has 0 radical (unpaired) electrons. The van der Waals surface area contributed by atoms with E-state index in [1.807, 2.05) is 84.2 Å². The van der Waals surface area contributed by atoms with Crippen LogP contribution < -0.4 is 20.6 Å². The number of nitrogens with one attached hydrogen (secondary N) is 1. The molecule has 3 atom stereocenters. The van der Waals surface area contributed by atoms with Crippen LogP contribution in [-0.4, -0.2) is 44.3 Å². The standard InChI is InChI=1S/C32H36N2O7S3/c1-15(42-8)18-9-11-19(12-10-18)24-20-13-22-25(33-16(2)31(22,4)5)29(43(35,36)37)27(20)41-28-21(24)14-23-26(30(28)44(38,39)40)34-17(3)32(23,6)7/h9-17,33H,1-8H3,(H,35,36,37)(H,38,39,40). The molecule has 0 saturated heterocycles. The summed E-state index contributed by atoms with van der Waals surface area (Å²) in [6.45, 7) is 13.8. The van der Waals surface area contributed by atoms with E-state index >= 15 is 0 Å². The Bertz CT molecular complexity index is 2100. The minimum Gasteiger partial charge on any atom is -0.453 e. The third-order valence-corrected chi connectivity index (χ3v) is 12.7. The lowest BCUT2D eigenvalue weighted by molar-refractivity contribution is 0.424. The number of hydrogen-bond acceptors (Lipinski definition) is 8. The predicted molar refractivity (Wildman–Crippen MR) is 172 cm³/mol. The molecule has 0 aliphatic carbocycles. The van der Waals surface area contributed by atoms with Crippen LogP contribution in [0.1, 0.15) is 81.5 Å². The van der Waals surface area contributed by atoms with Gasteiger partial charge in [0.25, 0.3) is 20.2 Å². The van der Waals surface area contributed by atoms with Crippen LogP contribution in [0.5, 0.6) is 11.5 Å². The zero-order valence-corrected chi connectivity index (χ0v) is 28.3. The van der Waals surface area contributed by atoms with Crippen LogP contribution in [0.25, 0.3) is 5.57 Å². The number of ether oxygens (including phenoxy) is 1. The fourth-order valence-electron chi connectivity index (χ4n) is 6.43. The Labute approximate surface area is 262 Å². The Morgan fingerprint density at radius 1 is 0.909 bits per heavy atom. The molecule has 3 N–H and O–H groups in total. The molecule has 3 heterocycles. The number of anilines is 1. The average Bonchev–Trinajstić information content (AvgIpc) is 3.28. The molecule has 3 aliphatic rings. The number of hydrogen-bond donors (Lipinski definition) is 3. The van der Waals surface area contributed by atoms with Gasteiger partial charge in [-0.15, -0.1) is 0 Å². The summed E-state index contributed by atoms with van der Waals surface area (Å²) in [4.78, 5) is 3.61. The van der Waals surface area contributed by atoms with Crippen LogP contribution in [0, 0.1) is 0 Å². The SMILES string of the molecule is CSC(C)c1ccc(C2=c3cc4c(c(S(=O)(=O)O)c3Oc3c2cc2c(c3S(=O)(=O)O)NC(C)C2(C)C)=NC(C)C4(C)C)cc1. The van der Waals surface area contributed by atoms with Gasteiger partial charge in [0, 0.05) is 38.5 Å². The van der Waals surface area contributed by atoms with Gasteiger partial charge < -0.3 is 10.1 Å². The van der Waals surface area contributed by atoms with Crippen molar-refractivity contribution in [1.29, 1.82) is 0 Å². The van der Waals surface area contributed by atoms with Gasteiger partial charge in [-0.3, -0.25) is 14.1 Å². The average molecular weight is 657 g/mol. The molecule has 3 aromatic carbocycles. The summed E-state index contributed by atoms with van der Waals surface area (Å²) in [7, 11) is -9.82. The Morgan fingerprint density at radius 3 is 2.09 bits per heavy atom. The zero-order valence-electron chi connectivity index (χ0n) is 25.8. The molecular formula is C32H36N2O7S3. The Hall–Kier alpha value is -2.90. The van der Waals surface area contributed by atoms with Crippen LogP contribution in [0.4, 0.5) is 5.69 Å². The van der Waals surface area contributed by atoms with Crippen molar-refractivity contribution in [3.05, 3.63) is 74.8 Å². The van der Waals surface area contributed by atoms with Crippen molar-refractivity contribution in [1.82, 2.24) is 0 Å². The van der Waals surface area contributed by atoms with Crippen LogP contribution in [-0.2, 0) is 31.1 Å². The minimum atomic E-state index is -4.92. The molecule has 3 aromatic rings. The van der Waals surface area contributed by atoms with Crippen molar-refractivity contribution < 1.29 is 30.7 Å². The molecule has 0 aromatic heterocycles. The van der Waals surface area contributed by atoms with E-state index in [1.165, 1.54) is 0 Å². The highest BCUT2D eigenvalue weighted by molar-refractivity contribution is 7.98. The van der Waals surface area contributed by atoms with E-state index in [0.717, 1.165) is 5.56 Å². The van der Waals surface area contributed by atoms with E-state index in [4.69, 9.17) is 4.74 Å². The fraction of sp³-hybridized carbons (Fsp3) is 0.406. The molecule has 0 saturated carbocycles.